The van der Waals surface area contributed by atoms with Crippen LogP contribution in [0.1, 0.15) is 63.4 Å². The van der Waals surface area contributed by atoms with Gasteiger partial charge in [0.2, 0.25) is 0 Å². The lowest BCUT2D eigenvalue weighted by atomic mass is 9.92. The van der Waals surface area contributed by atoms with Gasteiger partial charge in [-0.15, -0.1) is 0 Å². The molecule has 1 aromatic carbocycles. The highest BCUT2D eigenvalue weighted by Gasteiger charge is 2.34. The van der Waals surface area contributed by atoms with Crippen LogP contribution in [0.15, 0.2) is 24.3 Å². The summed E-state index contributed by atoms with van der Waals surface area (Å²) in [4.78, 5) is 15.0. The van der Waals surface area contributed by atoms with Crippen LogP contribution >= 0.6 is 0 Å². The molecule has 1 atom stereocenters. The molecule has 1 unspecified atom stereocenters. The molecule has 4 nitrogen and oxygen atoms in total. The summed E-state index contributed by atoms with van der Waals surface area (Å²) >= 11 is 0. The monoisotopic (exact) mass is 343 g/mol. The van der Waals surface area contributed by atoms with Crippen molar-refractivity contribution in [2.75, 3.05) is 13.2 Å². The van der Waals surface area contributed by atoms with E-state index in [0.717, 1.165) is 18.4 Å². The maximum absolute atomic E-state index is 13.0. The van der Waals surface area contributed by atoms with Gasteiger partial charge < -0.3 is 14.7 Å². The Hall–Kier alpha value is -1.83. The van der Waals surface area contributed by atoms with Crippen LogP contribution < -0.4 is 0 Å². The highest BCUT2D eigenvalue weighted by Crippen LogP contribution is 2.28. The molecule has 0 bridgehead atoms. The minimum atomic E-state index is -1.05. The topological polar surface area (TPSA) is 49.8 Å². The minimum Gasteiger partial charge on any atom is -0.378 e. The van der Waals surface area contributed by atoms with Crippen LogP contribution in [0, 0.1) is 11.8 Å². The van der Waals surface area contributed by atoms with E-state index >= 15 is 0 Å². The molecule has 4 heteroatoms. The van der Waals surface area contributed by atoms with E-state index in [9.17, 15) is 9.90 Å². The number of carbonyl (C=O) groups excluding carboxylic acids is 1. The van der Waals surface area contributed by atoms with Crippen molar-refractivity contribution in [3.05, 3.63) is 35.4 Å². The molecule has 1 N–H and O–H groups in total. The molecular weight excluding hydrogens is 314 g/mol. The summed E-state index contributed by atoms with van der Waals surface area (Å²) in [5.41, 5.74) is 0.116. The van der Waals surface area contributed by atoms with E-state index in [1.54, 1.807) is 19.9 Å². The Bertz CT molecular complexity index is 676. The summed E-state index contributed by atoms with van der Waals surface area (Å²) in [5.74, 6) is 5.75. The van der Waals surface area contributed by atoms with Crippen molar-refractivity contribution in [1.29, 1.82) is 0 Å². The molecule has 25 heavy (non-hydrogen) atoms. The van der Waals surface area contributed by atoms with Crippen LogP contribution in [0.25, 0.3) is 0 Å². The molecule has 0 aliphatic carbocycles. The van der Waals surface area contributed by atoms with Gasteiger partial charge in [-0.2, -0.15) is 0 Å². The quantitative estimate of drug-likeness (QED) is 0.857. The lowest BCUT2D eigenvalue weighted by Gasteiger charge is -2.41. The molecule has 1 aromatic rings. The number of aliphatic hydroxyl groups is 1. The van der Waals surface area contributed by atoms with Gasteiger partial charge in [0, 0.05) is 30.3 Å². The van der Waals surface area contributed by atoms with E-state index < -0.39 is 5.60 Å². The van der Waals surface area contributed by atoms with E-state index in [1.807, 2.05) is 30.0 Å². The molecule has 1 heterocycles. The Balaban J connectivity index is 2.21. The van der Waals surface area contributed by atoms with Gasteiger partial charge in [-0.1, -0.05) is 17.9 Å². The van der Waals surface area contributed by atoms with Crippen LogP contribution in [0.3, 0.4) is 0 Å². The van der Waals surface area contributed by atoms with Crippen LogP contribution in [0.5, 0.6) is 0 Å². The standard InChI is InChI=1S/C21H29NO3/c1-6-22(18-11-13-25-21(4,5)15-18)19(23)17-9-7-8-16(14-17)10-12-20(2,3)24/h7-9,14,18,24H,6,11,13,15H2,1-5H3. The molecule has 1 aliphatic rings. The summed E-state index contributed by atoms with van der Waals surface area (Å²) in [5, 5.41) is 9.74. The molecule has 0 radical (unpaired) electrons. The van der Waals surface area contributed by atoms with Gasteiger partial charge in [0.15, 0.2) is 0 Å². The number of nitrogens with zero attached hydrogens (tertiary/aromatic N) is 1. The number of hydrogen-bond donors (Lipinski definition) is 1. The molecule has 136 valence electrons. The van der Waals surface area contributed by atoms with Crippen molar-refractivity contribution in [2.24, 2.45) is 0 Å². The van der Waals surface area contributed by atoms with Crippen LogP contribution in [0.2, 0.25) is 0 Å². The van der Waals surface area contributed by atoms with Crippen molar-refractivity contribution < 1.29 is 14.6 Å². The predicted octanol–water partition coefficient (Wildman–Crippen LogP) is 3.23. The number of amides is 1. The fourth-order valence-corrected chi connectivity index (χ4v) is 3.15. The van der Waals surface area contributed by atoms with Crippen molar-refractivity contribution >= 4 is 5.91 Å². The zero-order valence-electron chi connectivity index (χ0n) is 15.9. The van der Waals surface area contributed by atoms with Gasteiger partial charge in [0.05, 0.1) is 5.60 Å². The third-order valence-corrected chi connectivity index (χ3v) is 4.34. The number of hydrogen-bond acceptors (Lipinski definition) is 3. The van der Waals surface area contributed by atoms with E-state index in [2.05, 4.69) is 25.7 Å². The van der Waals surface area contributed by atoms with Crippen molar-refractivity contribution in [1.82, 2.24) is 4.90 Å². The second-order valence-electron chi connectivity index (χ2n) is 7.74. The molecule has 1 aliphatic heterocycles. The molecular formula is C21H29NO3. The van der Waals surface area contributed by atoms with Gasteiger partial charge in [-0.3, -0.25) is 4.79 Å². The van der Waals surface area contributed by atoms with Crippen LogP contribution in [-0.2, 0) is 4.74 Å². The number of benzene rings is 1. The lowest BCUT2D eigenvalue weighted by molar-refractivity contribution is -0.0777. The SMILES string of the molecule is CCN(C(=O)c1cccc(C#CC(C)(C)O)c1)C1CCOC(C)(C)C1. The summed E-state index contributed by atoms with van der Waals surface area (Å²) in [6.45, 7) is 10.8. The Morgan fingerprint density at radius 1 is 1.44 bits per heavy atom. The van der Waals surface area contributed by atoms with Gasteiger partial charge >= 0.3 is 0 Å². The van der Waals surface area contributed by atoms with E-state index in [-0.39, 0.29) is 17.6 Å². The first-order valence-corrected chi connectivity index (χ1v) is 8.92. The largest absolute Gasteiger partial charge is 0.378 e. The first kappa shape index (κ1) is 19.5. The summed E-state index contributed by atoms with van der Waals surface area (Å²) in [6, 6.07) is 7.50. The first-order valence-electron chi connectivity index (χ1n) is 8.92. The normalized spacial score (nSPS) is 19.7. The smallest absolute Gasteiger partial charge is 0.254 e. The fraction of sp³-hybridized carbons (Fsp3) is 0.571. The average molecular weight is 343 g/mol. The van der Waals surface area contributed by atoms with Gasteiger partial charge in [0.25, 0.3) is 5.91 Å². The fourth-order valence-electron chi connectivity index (χ4n) is 3.15. The maximum atomic E-state index is 13.0. The Morgan fingerprint density at radius 2 is 2.16 bits per heavy atom. The van der Waals surface area contributed by atoms with Gasteiger partial charge in [-0.25, -0.2) is 0 Å². The first-order chi connectivity index (χ1) is 11.6. The Kier molecular flexibility index (Phi) is 5.92. The summed E-state index contributed by atoms with van der Waals surface area (Å²) < 4.78 is 5.78. The summed E-state index contributed by atoms with van der Waals surface area (Å²) in [7, 11) is 0. The second kappa shape index (κ2) is 7.59. The molecule has 0 saturated carbocycles. The molecule has 2 rings (SSSR count). The third-order valence-electron chi connectivity index (χ3n) is 4.34. The van der Waals surface area contributed by atoms with Gasteiger partial charge in [-0.05, 0) is 65.7 Å². The second-order valence-corrected chi connectivity index (χ2v) is 7.74. The Labute approximate surface area is 151 Å². The third kappa shape index (κ3) is 5.59. The van der Waals surface area contributed by atoms with Crippen LogP contribution in [0.4, 0.5) is 0 Å². The van der Waals surface area contributed by atoms with E-state index in [0.29, 0.717) is 18.7 Å². The zero-order chi connectivity index (χ0) is 18.7. The predicted molar refractivity (Wildman–Crippen MR) is 99.4 cm³/mol. The van der Waals surface area contributed by atoms with E-state index in [1.165, 1.54) is 0 Å². The highest BCUT2D eigenvalue weighted by molar-refractivity contribution is 5.94. The molecule has 1 amide bonds. The zero-order valence-corrected chi connectivity index (χ0v) is 15.9. The van der Waals surface area contributed by atoms with Crippen molar-refractivity contribution in [2.45, 2.75) is 64.7 Å². The van der Waals surface area contributed by atoms with E-state index in [4.69, 9.17) is 4.74 Å². The molecule has 0 aromatic heterocycles. The Morgan fingerprint density at radius 3 is 2.76 bits per heavy atom. The highest BCUT2D eigenvalue weighted by atomic mass is 16.5. The minimum absolute atomic E-state index is 0.0251. The summed E-state index contributed by atoms with van der Waals surface area (Å²) in [6.07, 6.45) is 1.70. The average Bonchev–Trinajstić information content (AvgIpc) is 2.52. The van der Waals surface area contributed by atoms with Crippen molar-refractivity contribution in [3.63, 3.8) is 0 Å². The lowest BCUT2D eigenvalue weighted by Crippen LogP contribution is -2.48. The molecule has 0 spiro atoms. The van der Waals surface area contributed by atoms with Gasteiger partial charge in [0.1, 0.15) is 5.60 Å². The van der Waals surface area contributed by atoms with Crippen molar-refractivity contribution in [3.8, 4) is 11.8 Å². The molecule has 1 saturated heterocycles. The number of ether oxygens (including phenoxy) is 1. The van der Waals surface area contributed by atoms with Crippen LogP contribution in [-0.4, -0.2) is 46.3 Å². The number of rotatable bonds is 3. The maximum Gasteiger partial charge on any atom is 0.254 e. The molecule has 1 fully saturated rings. The number of carbonyl (C=O) groups is 1.